The first-order chi connectivity index (χ1) is 15.5. The predicted octanol–water partition coefficient (Wildman–Crippen LogP) is 2.41. The molecule has 0 fully saturated rings. The van der Waals surface area contributed by atoms with Crippen LogP contribution in [0, 0.1) is 0 Å². The second kappa shape index (κ2) is 8.84. The van der Waals surface area contributed by atoms with Gasteiger partial charge in [-0.1, -0.05) is 12.1 Å². The van der Waals surface area contributed by atoms with Gasteiger partial charge in [0.05, 0.1) is 26.8 Å². The van der Waals surface area contributed by atoms with Gasteiger partial charge in [-0.25, -0.2) is 4.79 Å². The number of ether oxygens (including phenoxy) is 4. The van der Waals surface area contributed by atoms with Gasteiger partial charge in [0.25, 0.3) is 5.89 Å². The number of para-hydroxylation sites is 2. The molecule has 2 aromatic carbocycles. The van der Waals surface area contributed by atoms with Gasteiger partial charge in [-0.3, -0.25) is 9.36 Å². The Morgan fingerprint density at radius 3 is 2.41 bits per heavy atom. The first kappa shape index (κ1) is 21.0. The van der Waals surface area contributed by atoms with Gasteiger partial charge in [0.1, 0.15) is 6.54 Å². The fourth-order valence-electron chi connectivity index (χ4n) is 3.11. The van der Waals surface area contributed by atoms with Crippen LogP contribution in [0.2, 0.25) is 0 Å². The number of carbonyl (C=O) groups is 1. The Morgan fingerprint density at radius 1 is 1.00 bits per heavy atom. The lowest BCUT2D eigenvalue weighted by Gasteiger charge is -2.12. The van der Waals surface area contributed by atoms with Gasteiger partial charge in [-0.2, -0.15) is 0 Å². The van der Waals surface area contributed by atoms with Crippen molar-refractivity contribution >= 4 is 17.1 Å². The fraction of sp³-hybridized carbons (Fsp3) is 0.238. The highest BCUT2D eigenvalue weighted by molar-refractivity contribution is 5.76. The highest BCUT2D eigenvalue weighted by Crippen LogP contribution is 2.40. The summed E-state index contributed by atoms with van der Waals surface area (Å²) in [6.07, 6.45) is 0. The van der Waals surface area contributed by atoms with E-state index in [0.29, 0.717) is 33.9 Å². The van der Waals surface area contributed by atoms with Crippen molar-refractivity contribution in [2.75, 3.05) is 21.3 Å². The summed E-state index contributed by atoms with van der Waals surface area (Å²) in [6, 6.07) is 10.1. The van der Waals surface area contributed by atoms with Crippen molar-refractivity contribution in [2.45, 2.75) is 13.2 Å². The van der Waals surface area contributed by atoms with Crippen molar-refractivity contribution < 1.29 is 32.6 Å². The SMILES string of the molecule is COc1cc(-c2nnc(COC(=O)Cn3c(=O)oc4ccccc43)o2)cc(OC)c1OC. The maximum absolute atomic E-state index is 12.2. The zero-order valence-corrected chi connectivity index (χ0v) is 17.5. The number of fused-ring (bicyclic) bond motifs is 1. The van der Waals surface area contributed by atoms with Crippen LogP contribution in [-0.2, 0) is 22.7 Å². The summed E-state index contributed by atoms with van der Waals surface area (Å²) in [4.78, 5) is 24.2. The van der Waals surface area contributed by atoms with E-state index in [0.717, 1.165) is 0 Å². The van der Waals surface area contributed by atoms with Crippen LogP contribution in [0.15, 0.2) is 50.0 Å². The largest absolute Gasteiger partial charge is 0.493 e. The summed E-state index contributed by atoms with van der Waals surface area (Å²) in [7, 11) is 4.49. The molecule has 0 aliphatic carbocycles. The Kier molecular flexibility index (Phi) is 5.79. The van der Waals surface area contributed by atoms with Crippen LogP contribution >= 0.6 is 0 Å². The van der Waals surface area contributed by atoms with E-state index in [2.05, 4.69) is 10.2 Å². The molecule has 4 aromatic rings. The molecule has 0 aliphatic heterocycles. The molecule has 0 radical (unpaired) electrons. The van der Waals surface area contributed by atoms with E-state index in [1.165, 1.54) is 25.9 Å². The van der Waals surface area contributed by atoms with Crippen LogP contribution < -0.4 is 20.0 Å². The lowest BCUT2D eigenvalue weighted by Crippen LogP contribution is -2.21. The number of benzene rings is 2. The molecule has 0 saturated heterocycles. The minimum Gasteiger partial charge on any atom is -0.493 e. The van der Waals surface area contributed by atoms with Gasteiger partial charge in [-0.15, -0.1) is 10.2 Å². The van der Waals surface area contributed by atoms with E-state index < -0.39 is 11.7 Å². The molecule has 2 heterocycles. The smallest absolute Gasteiger partial charge is 0.420 e. The molecule has 0 bridgehead atoms. The van der Waals surface area contributed by atoms with Gasteiger partial charge >= 0.3 is 11.7 Å². The highest BCUT2D eigenvalue weighted by Gasteiger charge is 2.19. The number of hydrogen-bond donors (Lipinski definition) is 0. The van der Waals surface area contributed by atoms with E-state index in [4.69, 9.17) is 27.8 Å². The van der Waals surface area contributed by atoms with E-state index in [-0.39, 0.29) is 24.9 Å². The Hall–Kier alpha value is -4.28. The Balaban J connectivity index is 1.46. The quantitative estimate of drug-likeness (QED) is 0.376. The number of rotatable bonds is 8. The highest BCUT2D eigenvalue weighted by atomic mass is 16.5. The number of esters is 1. The Morgan fingerprint density at radius 2 is 1.72 bits per heavy atom. The summed E-state index contributed by atoms with van der Waals surface area (Å²) in [5.41, 5.74) is 1.41. The number of aromatic nitrogens is 3. The summed E-state index contributed by atoms with van der Waals surface area (Å²) >= 11 is 0. The standard InChI is InChI=1S/C21H19N3O8/c1-27-15-8-12(9-16(28-2)19(15)29-3)20-23-22-17(32-20)11-30-18(25)10-24-13-6-4-5-7-14(13)31-21(24)26/h4-9H,10-11H2,1-3H3. The number of hydrogen-bond acceptors (Lipinski definition) is 10. The molecule has 4 rings (SSSR count). The summed E-state index contributed by atoms with van der Waals surface area (Å²) in [5, 5.41) is 7.86. The predicted molar refractivity (Wildman–Crippen MR) is 110 cm³/mol. The minimum absolute atomic E-state index is 0.0755. The maximum Gasteiger partial charge on any atom is 0.420 e. The molecule has 0 saturated carbocycles. The van der Waals surface area contributed by atoms with E-state index >= 15 is 0 Å². The van der Waals surface area contributed by atoms with Gasteiger partial charge in [0.15, 0.2) is 23.7 Å². The molecule has 11 heteroatoms. The molecule has 0 atom stereocenters. The summed E-state index contributed by atoms with van der Waals surface area (Å²) in [6.45, 7) is -0.579. The van der Waals surface area contributed by atoms with E-state index in [1.54, 1.807) is 36.4 Å². The fourth-order valence-corrected chi connectivity index (χ4v) is 3.11. The van der Waals surface area contributed by atoms with Crippen LogP contribution in [0.25, 0.3) is 22.6 Å². The van der Waals surface area contributed by atoms with Crippen LogP contribution in [0.5, 0.6) is 17.2 Å². The van der Waals surface area contributed by atoms with Crippen molar-refractivity contribution in [1.82, 2.24) is 14.8 Å². The number of oxazole rings is 1. The second-order valence-electron chi connectivity index (χ2n) is 6.50. The van der Waals surface area contributed by atoms with Gasteiger partial charge in [-0.05, 0) is 24.3 Å². The molecule has 0 amide bonds. The zero-order valence-electron chi connectivity index (χ0n) is 17.5. The van der Waals surface area contributed by atoms with Crippen LogP contribution in [-0.4, -0.2) is 42.1 Å². The molecule has 0 aliphatic rings. The third kappa shape index (κ3) is 4.00. The van der Waals surface area contributed by atoms with Gasteiger partial charge < -0.3 is 27.8 Å². The molecule has 166 valence electrons. The third-order valence-electron chi connectivity index (χ3n) is 4.60. The van der Waals surface area contributed by atoms with Crippen molar-refractivity contribution in [3.8, 4) is 28.7 Å². The van der Waals surface area contributed by atoms with Crippen molar-refractivity contribution in [1.29, 1.82) is 0 Å². The number of methoxy groups -OCH3 is 3. The molecule has 0 spiro atoms. The molecule has 0 unspecified atom stereocenters. The molecule has 0 N–H and O–H groups in total. The third-order valence-corrected chi connectivity index (χ3v) is 4.60. The number of carbonyl (C=O) groups excluding carboxylic acids is 1. The first-order valence-corrected chi connectivity index (χ1v) is 9.40. The Bertz CT molecular complexity index is 1300. The first-order valence-electron chi connectivity index (χ1n) is 9.40. The van der Waals surface area contributed by atoms with Gasteiger partial charge in [0, 0.05) is 5.56 Å². The topological polar surface area (TPSA) is 128 Å². The molecular formula is C21H19N3O8. The average Bonchev–Trinajstić information content (AvgIpc) is 3.41. The zero-order chi connectivity index (χ0) is 22.7. The van der Waals surface area contributed by atoms with Crippen LogP contribution in [0.4, 0.5) is 0 Å². The normalized spacial score (nSPS) is 10.8. The molecule has 32 heavy (non-hydrogen) atoms. The molecule has 11 nitrogen and oxygen atoms in total. The van der Waals surface area contributed by atoms with E-state index in [9.17, 15) is 9.59 Å². The van der Waals surface area contributed by atoms with E-state index in [1.807, 2.05) is 0 Å². The van der Waals surface area contributed by atoms with Crippen molar-refractivity contribution in [3.63, 3.8) is 0 Å². The second-order valence-corrected chi connectivity index (χ2v) is 6.50. The summed E-state index contributed by atoms with van der Waals surface area (Å²) in [5.74, 6) is 0.210. The maximum atomic E-state index is 12.2. The van der Waals surface area contributed by atoms with Crippen molar-refractivity contribution in [2.24, 2.45) is 0 Å². The van der Waals surface area contributed by atoms with Crippen LogP contribution in [0.3, 0.4) is 0 Å². The van der Waals surface area contributed by atoms with Crippen molar-refractivity contribution in [3.05, 3.63) is 52.8 Å². The van der Waals surface area contributed by atoms with Crippen LogP contribution in [0.1, 0.15) is 5.89 Å². The monoisotopic (exact) mass is 441 g/mol. The average molecular weight is 441 g/mol. The Labute approximate surface area is 181 Å². The summed E-state index contributed by atoms with van der Waals surface area (Å²) < 4.78 is 33.0. The molecular weight excluding hydrogens is 422 g/mol. The van der Waals surface area contributed by atoms with Gasteiger partial charge in [0.2, 0.25) is 11.6 Å². The minimum atomic E-state index is -0.661. The lowest BCUT2D eigenvalue weighted by molar-refractivity contribution is -0.146. The molecule has 2 aromatic heterocycles. The lowest BCUT2D eigenvalue weighted by atomic mass is 10.2. The number of nitrogens with zero attached hydrogens (tertiary/aromatic N) is 3.